The minimum atomic E-state index is -4.08. The quantitative estimate of drug-likeness (QED) is 0.228. The smallest absolute Gasteiger partial charge is 0.385 e. The summed E-state index contributed by atoms with van der Waals surface area (Å²) in [5.74, 6) is 0.360. The van der Waals surface area contributed by atoms with Crippen molar-refractivity contribution in [1.29, 1.82) is 0 Å². The van der Waals surface area contributed by atoms with Gasteiger partial charge >= 0.3 is 16.3 Å². The van der Waals surface area contributed by atoms with Crippen molar-refractivity contribution in [3.8, 4) is 11.5 Å². The summed E-state index contributed by atoms with van der Waals surface area (Å²) in [4.78, 5) is 13.3. The lowest BCUT2D eigenvalue weighted by molar-refractivity contribution is -0.137. The van der Waals surface area contributed by atoms with Crippen molar-refractivity contribution in [3.63, 3.8) is 0 Å². The second-order valence-corrected chi connectivity index (χ2v) is 14.6. The van der Waals surface area contributed by atoms with Gasteiger partial charge in [-0.05, 0) is 84.2 Å². The molecule has 2 unspecified atom stereocenters. The third-order valence-corrected chi connectivity index (χ3v) is 11.4. The summed E-state index contributed by atoms with van der Waals surface area (Å²) in [5.41, 5.74) is 7.57. The fourth-order valence-corrected chi connectivity index (χ4v) is 8.39. The number of aliphatic carboxylic acids is 1. The Kier molecular flexibility index (Phi) is 8.41. The summed E-state index contributed by atoms with van der Waals surface area (Å²) in [7, 11) is -4.08. The number of fused-ring (bicyclic) bond motifs is 5. The maximum absolute atomic E-state index is 13.3. The molecule has 0 amide bonds. The van der Waals surface area contributed by atoms with Gasteiger partial charge in [0.15, 0.2) is 0 Å². The largest absolute Gasteiger partial charge is 0.489 e. The van der Waals surface area contributed by atoms with Gasteiger partial charge in [-0.15, -0.1) is 16.9 Å². The summed E-state index contributed by atoms with van der Waals surface area (Å²) in [6.07, 6.45) is 0.736. The van der Waals surface area contributed by atoms with Crippen LogP contribution in [0.15, 0.2) is 77.7 Å². The van der Waals surface area contributed by atoms with Gasteiger partial charge in [0.25, 0.3) is 0 Å². The molecule has 3 aliphatic heterocycles. The molecular formula is C35H34N4O6S2. The molecule has 8 rings (SSSR count). The number of aryl methyl sites for hydroxylation is 3. The first kappa shape index (κ1) is 31.2. The molecule has 242 valence electrons. The number of nitrogens with zero attached hydrogens (tertiary/aromatic N) is 4. The fraction of sp³-hybridized carbons (Fsp3) is 0.286. The van der Waals surface area contributed by atoms with Gasteiger partial charge in [0, 0.05) is 41.6 Å². The van der Waals surface area contributed by atoms with Gasteiger partial charge in [0.05, 0.1) is 11.9 Å². The third kappa shape index (κ3) is 6.32. The van der Waals surface area contributed by atoms with E-state index in [2.05, 4.69) is 22.4 Å². The first-order valence-electron chi connectivity index (χ1n) is 15.5. The molecule has 0 fully saturated rings. The van der Waals surface area contributed by atoms with E-state index in [0.29, 0.717) is 24.5 Å². The summed E-state index contributed by atoms with van der Waals surface area (Å²) in [6.45, 7) is 5.10. The topological polar surface area (TPSA) is 124 Å². The second-order valence-electron chi connectivity index (χ2n) is 12.0. The Balaban J connectivity index is 1.31. The molecule has 4 aromatic carbocycles. The first-order valence-corrected chi connectivity index (χ1v) is 17.8. The average Bonchev–Trinajstić information content (AvgIpc) is 3.46. The van der Waals surface area contributed by atoms with Crippen LogP contribution in [0.5, 0.6) is 11.5 Å². The predicted molar refractivity (Wildman–Crippen MR) is 179 cm³/mol. The van der Waals surface area contributed by atoms with Gasteiger partial charge in [-0.25, -0.2) is 4.68 Å². The molecule has 0 saturated heterocycles. The lowest BCUT2D eigenvalue weighted by Crippen LogP contribution is -2.37. The number of ether oxygens (including phenoxy) is 1. The Morgan fingerprint density at radius 1 is 1.00 bits per heavy atom. The molecule has 4 heterocycles. The highest BCUT2D eigenvalue weighted by molar-refractivity contribution is 7.99. The van der Waals surface area contributed by atoms with Crippen LogP contribution in [0.1, 0.15) is 57.7 Å². The number of rotatable bonds is 2. The number of carboxylic acids is 1. The highest BCUT2D eigenvalue weighted by atomic mass is 32.2. The minimum Gasteiger partial charge on any atom is -0.489 e. The summed E-state index contributed by atoms with van der Waals surface area (Å²) < 4.78 is 41.5. The summed E-state index contributed by atoms with van der Waals surface area (Å²) >= 11 is 1.76. The molecule has 12 heteroatoms. The molecule has 0 spiro atoms. The molecule has 0 radical (unpaired) electrons. The number of thioether (sulfide) groups is 1. The van der Waals surface area contributed by atoms with Crippen LogP contribution < -0.4 is 8.92 Å². The molecule has 47 heavy (non-hydrogen) atoms. The van der Waals surface area contributed by atoms with Crippen molar-refractivity contribution in [2.45, 2.75) is 63.7 Å². The zero-order chi connectivity index (χ0) is 32.7. The molecule has 1 aromatic heterocycles. The van der Waals surface area contributed by atoms with Gasteiger partial charge in [-0.2, -0.15) is 12.7 Å². The monoisotopic (exact) mass is 670 g/mol. The Morgan fingerprint density at radius 3 is 2.68 bits per heavy atom. The van der Waals surface area contributed by atoms with Crippen LogP contribution >= 0.6 is 11.8 Å². The molecule has 3 aliphatic rings. The maximum atomic E-state index is 13.3. The van der Waals surface area contributed by atoms with Crippen LogP contribution in [0.4, 0.5) is 0 Å². The fourth-order valence-electron chi connectivity index (χ4n) is 6.32. The van der Waals surface area contributed by atoms with Gasteiger partial charge < -0.3 is 14.0 Å². The third-order valence-electron chi connectivity index (χ3n) is 8.89. The van der Waals surface area contributed by atoms with E-state index in [1.54, 1.807) is 23.9 Å². The Bertz CT molecular complexity index is 2110. The Hall–Kier alpha value is -4.39. The number of hydrogen-bond donors (Lipinski definition) is 1. The molecule has 9 bridgehead atoms. The SMILES string of the molecule is Cc1ccc2cc1CN1Cc3cc(ccc3OS1(=O)=O)OCc1ccccc1SCCCn1nnc3c(C)c(ccc31)C2CC(=O)O. The van der Waals surface area contributed by atoms with E-state index >= 15 is 0 Å². The van der Waals surface area contributed by atoms with E-state index in [-0.39, 0.29) is 25.3 Å². The van der Waals surface area contributed by atoms with E-state index in [0.717, 1.165) is 61.5 Å². The van der Waals surface area contributed by atoms with E-state index in [4.69, 9.17) is 8.92 Å². The lowest BCUT2D eigenvalue weighted by Gasteiger charge is -2.29. The van der Waals surface area contributed by atoms with Crippen molar-refractivity contribution < 1.29 is 27.2 Å². The molecular weight excluding hydrogens is 637 g/mol. The summed E-state index contributed by atoms with van der Waals surface area (Å²) in [5, 5.41) is 18.9. The molecule has 2 atom stereocenters. The van der Waals surface area contributed by atoms with Gasteiger partial charge in [0.2, 0.25) is 0 Å². The molecule has 1 N–H and O–H groups in total. The van der Waals surface area contributed by atoms with E-state index in [9.17, 15) is 18.3 Å². The zero-order valence-electron chi connectivity index (χ0n) is 26.0. The molecule has 0 saturated carbocycles. The van der Waals surface area contributed by atoms with Gasteiger partial charge in [-0.1, -0.05) is 47.7 Å². The zero-order valence-corrected chi connectivity index (χ0v) is 27.7. The van der Waals surface area contributed by atoms with Gasteiger partial charge in [0.1, 0.15) is 23.6 Å². The normalized spacial score (nSPS) is 19.2. The van der Waals surface area contributed by atoms with E-state index < -0.39 is 22.2 Å². The maximum Gasteiger partial charge on any atom is 0.385 e. The minimum absolute atomic E-state index is 0.0588. The number of hydrogen-bond acceptors (Lipinski definition) is 8. The van der Waals surface area contributed by atoms with Crippen LogP contribution in [-0.2, 0) is 41.3 Å². The predicted octanol–water partition coefficient (Wildman–Crippen LogP) is 6.37. The van der Waals surface area contributed by atoms with Crippen LogP contribution in [0, 0.1) is 13.8 Å². The number of carboxylic acid groups (broad SMARTS) is 1. The van der Waals surface area contributed by atoms with Crippen molar-refractivity contribution in [2.24, 2.45) is 0 Å². The first-order chi connectivity index (χ1) is 22.7. The lowest BCUT2D eigenvalue weighted by atomic mass is 9.84. The average molecular weight is 671 g/mol. The highest BCUT2D eigenvalue weighted by Gasteiger charge is 2.33. The molecule has 10 nitrogen and oxygen atoms in total. The highest BCUT2D eigenvalue weighted by Crippen LogP contribution is 2.37. The Labute approximate surface area is 277 Å². The van der Waals surface area contributed by atoms with E-state index in [1.165, 1.54) is 4.31 Å². The standard InChI is InChI=1S/C35H34N4O6S2/c1-22-8-9-24-16-26(22)19-38-20-27-17-28(10-13-32(27)45-47(38,42)43)44-21-25-6-3-4-7-33(25)46-15-5-14-39-31-12-11-29(30(24)18-34(40)41)23(2)35(31)36-37-39/h3-4,6-13,16-17,30H,5,14-15,18-21H2,1-2H3,(H,40,41). The van der Waals surface area contributed by atoms with Crippen molar-refractivity contribution in [1.82, 2.24) is 19.3 Å². The van der Waals surface area contributed by atoms with Crippen LogP contribution in [0.3, 0.4) is 0 Å². The van der Waals surface area contributed by atoms with Crippen molar-refractivity contribution >= 4 is 39.1 Å². The second kappa shape index (κ2) is 12.7. The van der Waals surface area contributed by atoms with E-state index in [1.807, 2.05) is 67.1 Å². The van der Waals surface area contributed by atoms with Crippen LogP contribution in [0.25, 0.3) is 11.0 Å². The number of carbonyl (C=O) groups is 1. The van der Waals surface area contributed by atoms with Crippen LogP contribution in [0.2, 0.25) is 0 Å². The van der Waals surface area contributed by atoms with Crippen molar-refractivity contribution in [3.05, 3.63) is 112 Å². The van der Waals surface area contributed by atoms with Crippen molar-refractivity contribution in [2.75, 3.05) is 5.75 Å². The summed E-state index contributed by atoms with van der Waals surface area (Å²) in [6, 6.07) is 23.1. The van der Waals surface area contributed by atoms with Gasteiger partial charge in [-0.3, -0.25) is 4.79 Å². The Morgan fingerprint density at radius 2 is 1.83 bits per heavy atom. The molecule has 0 aliphatic carbocycles. The number of benzene rings is 4. The number of aromatic nitrogens is 3. The van der Waals surface area contributed by atoms with Crippen LogP contribution in [-0.4, -0.2) is 44.5 Å². The molecule has 5 aromatic rings.